The molecule has 116 valence electrons. The van der Waals surface area contributed by atoms with Crippen LogP contribution in [0.15, 0.2) is 35.0 Å². The SMILES string of the molecule is Cc1c2sccc2cc2c1sc1c3cc4ccsc4c(C)c3sc21. The summed E-state index contributed by atoms with van der Waals surface area (Å²) in [5, 5.41) is 10.1. The first-order valence-corrected chi connectivity index (χ1v) is 11.2. The minimum Gasteiger partial charge on any atom is -0.143 e. The van der Waals surface area contributed by atoms with Crippen LogP contribution in [-0.4, -0.2) is 0 Å². The molecular formula is C20H12S4. The summed E-state index contributed by atoms with van der Waals surface area (Å²) in [6, 6.07) is 9.31. The molecule has 6 rings (SSSR count). The van der Waals surface area contributed by atoms with Gasteiger partial charge >= 0.3 is 0 Å². The van der Waals surface area contributed by atoms with E-state index in [1.165, 1.54) is 60.9 Å². The standard InChI is InChI=1S/C20H12S4/c1-9-15-11(3-5-21-15)7-13-17(9)23-20-14-8-12-4-6-22-16(12)10(2)18(14)24-19(13)20/h3-8H,1-2H3. The molecule has 0 spiro atoms. The lowest BCUT2D eigenvalue weighted by molar-refractivity contribution is 1.65. The molecule has 0 fully saturated rings. The van der Waals surface area contributed by atoms with Gasteiger partial charge in [0.25, 0.3) is 0 Å². The zero-order chi connectivity index (χ0) is 16.0. The van der Waals surface area contributed by atoms with Gasteiger partial charge in [0.15, 0.2) is 0 Å². The van der Waals surface area contributed by atoms with E-state index in [2.05, 4.69) is 48.9 Å². The lowest BCUT2D eigenvalue weighted by Gasteiger charge is -2.00. The molecular weight excluding hydrogens is 368 g/mol. The van der Waals surface area contributed by atoms with Crippen LogP contribution in [0.4, 0.5) is 0 Å². The van der Waals surface area contributed by atoms with Crippen molar-refractivity contribution >= 4 is 95.1 Å². The van der Waals surface area contributed by atoms with Crippen molar-refractivity contribution in [2.45, 2.75) is 13.8 Å². The Hall–Kier alpha value is -1.46. The quantitative estimate of drug-likeness (QED) is 0.248. The van der Waals surface area contributed by atoms with Crippen molar-refractivity contribution in [2.24, 2.45) is 0 Å². The van der Waals surface area contributed by atoms with Crippen molar-refractivity contribution in [3.63, 3.8) is 0 Å². The predicted octanol–water partition coefficient (Wildman–Crippen LogP) is 8.32. The van der Waals surface area contributed by atoms with E-state index < -0.39 is 0 Å². The third-order valence-corrected chi connectivity index (χ3v) is 9.89. The maximum absolute atomic E-state index is 2.40. The Morgan fingerprint density at radius 3 is 1.50 bits per heavy atom. The van der Waals surface area contributed by atoms with Crippen LogP contribution in [0, 0.1) is 13.8 Å². The fraction of sp³-hybridized carbons (Fsp3) is 0.100. The van der Waals surface area contributed by atoms with Crippen LogP contribution in [0.3, 0.4) is 0 Å². The molecule has 6 aromatic rings. The highest BCUT2D eigenvalue weighted by Gasteiger charge is 2.18. The smallest absolute Gasteiger partial charge is 0.0542 e. The van der Waals surface area contributed by atoms with Gasteiger partial charge in [0, 0.05) is 29.6 Å². The number of thiophene rings is 4. The van der Waals surface area contributed by atoms with E-state index in [0.29, 0.717) is 0 Å². The van der Waals surface area contributed by atoms with Gasteiger partial charge in [0.05, 0.1) is 9.40 Å². The van der Waals surface area contributed by atoms with Crippen LogP contribution in [0.2, 0.25) is 0 Å². The molecule has 0 nitrogen and oxygen atoms in total. The molecule has 0 saturated carbocycles. The zero-order valence-corrected chi connectivity index (χ0v) is 16.4. The number of rotatable bonds is 0. The zero-order valence-electron chi connectivity index (χ0n) is 13.1. The fourth-order valence-electron chi connectivity index (χ4n) is 3.78. The first kappa shape index (κ1) is 13.8. The van der Waals surface area contributed by atoms with Crippen molar-refractivity contribution in [1.29, 1.82) is 0 Å². The van der Waals surface area contributed by atoms with Gasteiger partial charge in [-0.15, -0.1) is 45.3 Å². The molecule has 4 aromatic heterocycles. The molecule has 0 aliphatic heterocycles. The summed E-state index contributed by atoms with van der Waals surface area (Å²) in [7, 11) is 0. The van der Waals surface area contributed by atoms with E-state index in [1.54, 1.807) is 0 Å². The summed E-state index contributed by atoms with van der Waals surface area (Å²) < 4.78 is 8.77. The highest BCUT2D eigenvalue weighted by atomic mass is 32.1. The topological polar surface area (TPSA) is 0 Å². The Balaban J connectivity index is 1.89. The van der Waals surface area contributed by atoms with Crippen molar-refractivity contribution in [1.82, 2.24) is 0 Å². The maximum Gasteiger partial charge on any atom is 0.0542 e. The van der Waals surface area contributed by atoms with E-state index in [9.17, 15) is 0 Å². The minimum atomic E-state index is 1.39. The second kappa shape index (κ2) is 4.58. The van der Waals surface area contributed by atoms with Crippen LogP contribution < -0.4 is 0 Å². The van der Waals surface area contributed by atoms with Crippen LogP contribution in [0.5, 0.6) is 0 Å². The number of hydrogen-bond acceptors (Lipinski definition) is 4. The van der Waals surface area contributed by atoms with Crippen LogP contribution in [0.1, 0.15) is 11.1 Å². The van der Waals surface area contributed by atoms with Gasteiger partial charge in [0.1, 0.15) is 0 Å². The van der Waals surface area contributed by atoms with Crippen LogP contribution in [0.25, 0.3) is 49.7 Å². The summed E-state index contributed by atoms with van der Waals surface area (Å²) in [6.07, 6.45) is 0. The summed E-state index contributed by atoms with van der Waals surface area (Å²) in [5.41, 5.74) is 2.90. The second-order valence-corrected chi connectivity index (χ2v) is 10.2. The highest BCUT2D eigenvalue weighted by Crippen LogP contribution is 2.49. The summed E-state index contributed by atoms with van der Waals surface area (Å²) in [6.45, 7) is 4.57. The Labute approximate surface area is 154 Å². The van der Waals surface area contributed by atoms with Crippen molar-refractivity contribution in [3.05, 3.63) is 46.2 Å². The maximum atomic E-state index is 2.40. The Kier molecular flexibility index (Phi) is 2.63. The van der Waals surface area contributed by atoms with Gasteiger partial charge in [-0.05, 0) is 70.8 Å². The number of benzene rings is 2. The van der Waals surface area contributed by atoms with E-state index >= 15 is 0 Å². The minimum absolute atomic E-state index is 1.39. The molecule has 2 aromatic carbocycles. The van der Waals surface area contributed by atoms with Gasteiger partial charge in [-0.2, -0.15) is 0 Å². The van der Waals surface area contributed by atoms with E-state index in [4.69, 9.17) is 0 Å². The molecule has 0 amide bonds. The number of aryl methyl sites for hydroxylation is 2. The highest BCUT2D eigenvalue weighted by molar-refractivity contribution is 7.37. The van der Waals surface area contributed by atoms with E-state index in [1.807, 2.05) is 45.3 Å². The molecule has 0 atom stereocenters. The van der Waals surface area contributed by atoms with Gasteiger partial charge < -0.3 is 0 Å². The average molecular weight is 381 g/mol. The Bertz CT molecular complexity index is 1310. The van der Waals surface area contributed by atoms with Gasteiger partial charge in [-0.1, -0.05) is 0 Å². The van der Waals surface area contributed by atoms with Gasteiger partial charge in [-0.3, -0.25) is 0 Å². The van der Waals surface area contributed by atoms with Crippen LogP contribution >= 0.6 is 45.3 Å². The Morgan fingerprint density at radius 2 is 1.04 bits per heavy atom. The van der Waals surface area contributed by atoms with E-state index in [-0.39, 0.29) is 0 Å². The Morgan fingerprint density at radius 1 is 0.583 bits per heavy atom. The fourth-order valence-corrected chi connectivity index (χ4v) is 8.48. The van der Waals surface area contributed by atoms with Gasteiger partial charge in [0.2, 0.25) is 0 Å². The number of hydrogen-bond donors (Lipinski definition) is 0. The predicted molar refractivity (Wildman–Crippen MR) is 115 cm³/mol. The lowest BCUT2D eigenvalue weighted by Crippen LogP contribution is -1.74. The van der Waals surface area contributed by atoms with E-state index in [0.717, 1.165) is 0 Å². The second-order valence-electron chi connectivity index (χ2n) is 6.30. The number of fused-ring (bicyclic) bond motifs is 7. The first-order valence-electron chi connectivity index (χ1n) is 7.84. The molecule has 0 aliphatic carbocycles. The summed E-state index contributed by atoms with van der Waals surface area (Å²) in [4.78, 5) is 0. The normalized spacial score (nSPS) is 12.6. The molecule has 4 heterocycles. The lowest BCUT2D eigenvalue weighted by atomic mass is 10.1. The summed E-state index contributed by atoms with van der Waals surface area (Å²) >= 11 is 7.69. The molecule has 0 bridgehead atoms. The molecule has 0 radical (unpaired) electrons. The van der Waals surface area contributed by atoms with Crippen LogP contribution in [-0.2, 0) is 0 Å². The van der Waals surface area contributed by atoms with Gasteiger partial charge in [-0.25, -0.2) is 0 Å². The van der Waals surface area contributed by atoms with Crippen molar-refractivity contribution in [3.8, 4) is 0 Å². The molecule has 0 unspecified atom stereocenters. The van der Waals surface area contributed by atoms with Crippen molar-refractivity contribution in [2.75, 3.05) is 0 Å². The molecule has 4 heteroatoms. The summed E-state index contributed by atoms with van der Waals surface area (Å²) in [5.74, 6) is 0. The monoisotopic (exact) mass is 380 g/mol. The molecule has 24 heavy (non-hydrogen) atoms. The van der Waals surface area contributed by atoms with Crippen molar-refractivity contribution < 1.29 is 0 Å². The first-order chi connectivity index (χ1) is 11.7. The molecule has 0 N–H and O–H groups in total. The third-order valence-electron chi connectivity index (χ3n) is 4.95. The third kappa shape index (κ3) is 1.58. The molecule has 0 saturated heterocycles. The average Bonchev–Trinajstić information content (AvgIpc) is 3.31. The molecule has 0 aliphatic rings. The largest absolute Gasteiger partial charge is 0.143 e.